The number of alkyl halides is 3. The Hall–Kier alpha value is -1.59. The third-order valence-corrected chi connectivity index (χ3v) is 12.6. The van der Waals surface area contributed by atoms with Crippen molar-refractivity contribution in [3.8, 4) is 0 Å². The predicted octanol–water partition coefficient (Wildman–Crippen LogP) is 5.87. The molecule has 1 saturated carbocycles. The second kappa shape index (κ2) is 9.06. The number of halogens is 4. The Balaban J connectivity index is 1.56. The molecule has 1 aliphatic carbocycles. The fraction of sp³-hybridized carbons (Fsp3) is 0.500. The lowest BCUT2D eigenvalue weighted by molar-refractivity contribution is -0.137. The predicted molar refractivity (Wildman–Crippen MR) is 132 cm³/mol. The van der Waals surface area contributed by atoms with Crippen LogP contribution in [-0.2, 0) is 25.9 Å². The number of rotatable bonds is 6. The molecule has 11 heteroatoms. The zero-order valence-corrected chi connectivity index (χ0v) is 22.6. The van der Waals surface area contributed by atoms with E-state index in [1.165, 1.54) is 6.07 Å². The van der Waals surface area contributed by atoms with E-state index in [0.717, 1.165) is 12.1 Å². The minimum atomic E-state index is -4.63. The van der Waals surface area contributed by atoms with Gasteiger partial charge < -0.3 is 4.90 Å². The van der Waals surface area contributed by atoms with Crippen LogP contribution in [0.3, 0.4) is 0 Å². The molecule has 5 nitrogen and oxygen atoms in total. The molecule has 0 unspecified atom stereocenters. The van der Waals surface area contributed by atoms with Crippen LogP contribution >= 0.6 is 15.9 Å². The lowest BCUT2D eigenvalue weighted by atomic mass is 9.85. The molecule has 4 rings (SSSR count). The van der Waals surface area contributed by atoms with Gasteiger partial charge in [0.25, 0.3) is 0 Å². The zero-order chi connectivity index (χ0) is 25.8. The summed E-state index contributed by atoms with van der Waals surface area (Å²) in [6.07, 6.45) is -2.41. The van der Waals surface area contributed by atoms with Crippen molar-refractivity contribution in [2.45, 2.75) is 65.5 Å². The molecule has 2 aromatic rings. The summed E-state index contributed by atoms with van der Waals surface area (Å²) in [7, 11) is -7.51. The third kappa shape index (κ3) is 5.00. The molecule has 2 aliphatic rings. The first-order valence-electron chi connectivity index (χ1n) is 11.4. The molecule has 0 radical (unpaired) electrons. The van der Waals surface area contributed by atoms with Gasteiger partial charge in [-0.05, 0) is 81.8 Å². The Bertz CT molecular complexity index is 1330. The lowest BCUT2D eigenvalue weighted by Crippen LogP contribution is -2.46. The van der Waals surface area contributed by atoms with Gasteiger partial charge in [-0.25, -0.2) is 16.8 Å². The van der Waals surface area contributed by atoms with Crippen molar-refractivity contribution in [1.82, 2.24) is 0 Å². The standard InChI is InChI=1S/C24H27BrF3NO4S2/c1-23(2,35(32,33)20-5-3-4-17(14-20)24(26,27)28)16-10-12-29(13-11-16)21-9-6-18(25)15-22(21)34(30,31)19-7-8-19/h3-6,9,14-16,19H,7-8,10-13H2,1-2H3. The minimum absolute atomic E-state index is 0.281. The average Bonchev–Trinajstić information content (AvgIpc) is 3.65. The van der Waals surface area contributed by atoms with Gasteiger partial charge in [0.05, 0.1) is 31.0 Å². The monoisotopic (exact) mass is 593 g/mol. The summed E-state index contributed by atoms with van der Waals surface area (Å²) in [5.41, 5.74) is -0.388. The summed E-state index contributed by atoms with van der Waals surface area (Å²) in [5, 5.41) is -0.357. The Morgan fingerprint density at radius 3 is 2.11 bits per heavy atom. The molecular formula is C24H27BrF3NO4S2. The largest absolute Gasteiger partial charge is 0.416 e. The highest BCUT2D eigenvalue weighted by Gasteiger charge is 2.45. The maximum absolute atomic E-state index is 13.4. The van der Waals surface area contributed by atoms with Crippen molar-refractivity contribution in [2.75, 3.05) is 18.0 Å². The van der Waals surface area contributed by atoms with E-state index in [1.807, 2.05) is 4.90 Å². The van der Waals surface area contributed by atoms with E-state index in [2.05, 4.69) is 15.9 Å². The van der Waals surface area contributed by atoms with E-state index in [-0.39, 0.29) is 21.0 Å². The van der Waals surface area contributed by atoms with E-state index in [1.54, 1.807) is 32.0 Å². The minimum Gasteiger partial charge on any atom is -0.370 e. The fourth-order valence-corrected chi connectivity index (χ4v) is 8.94. The number of hydrogen-bond donors (Lipinski definition) is 0. The van der Waals surface area contributed by atoms with Crippen LogP contribution in [0.5, 0.6) is 0 Å². The van der Waals surface area contributed by atoms with E-state index in [0.29, 0.717) is 55.0 Å². The molecule has 1 heterocycles. The maximum atomic E-state index is 13.4. The molecule has 2 aromatic carbocycles. The summed E-state index contributed by atoms with van der Waals surface area (Å²) in [6.45, 7) is 4.01. The van der Waals surface area contributed by atoms with Crippen LogP contribution in [0, 0.1) is 5.92 Å². The number of hydrogen-bond acceptors (Lipinski definition) is 5. The highest BCUT2D eigenvalue weighted by atomic mass is 79.9. The van der Waals surface area contributed by atoms with E-state index in [9.17, 15) is 30.0 Å². The van der Waals surface area contributed by atoms with Gasteiger partial charge in [-0.3, -0.25) is 0 Å². The SMILES string of the molecule is CC(C)(C1CCN(c2ccc(Br)cc2S(=O)(=O)C2CC2)CC1)S(=O)(=O)c1cccc(C(F)(F)F)c1. The first kappa shape index (κ1) is 26.5. The maximum Gasteiger partial charge on any atom is 0.416 e. The van der Waals surface area contributed by atoms with Crippen molar-refractivity contribution < 1.29 is 30.0 Å². The van der Waals surface area contributed by atoms with Crippen LogP contribution in [0.2, 0.25) is 0 Å². The number of piperidine rings is 1. The first-order chi connectivity index (χ1) is 16.2. The molecule has 0 spiro atoms. The van der Waals surface area contributed by atoms with Crippen molar-refractivity contribution >= 4 is 41.3 Å². The van der Waals surface area contributed by atoms with E-state index < -0.39 is 36.2 Å². The van der Waals surface area contributed by atoms with Crippen molar-refractivity contribution in [1.29, 1.82) is 0 Å². The lowest BCUT2D eigenvalue weighted by Gasteiger charge is -2.41. The number of sulfone groups is 2. The molecule has 0 amide bonds. The van der Waals surface area contributed by atoms with Gasteiger partial charge >= 0.3 is 6.18 Å². The van der Waals surface area contributed by atoms with Crippen molar-refractivity contribution in [3.05, 3.63) is 52.5 Å². The molecule has 35 heavy (non-hydrogen) atoms. The molecular weight excluding hydrogens is 567 g/mol. The molecule has 0 aromatic heterocycles. The Morgan fingerprint density at radius 2 is 1.54 bits per heavy atom. The van der Waals surface area contributed by atoms with Crippen LogP contribution in [-0.4, -0.2) is 39.9 Å². The van der Waals surface area contributed by atoms with Crippen molar-refractivity contribution in [2.24, 2.45) is 5.92 Å². The molecule has 0 bridgehead atoms. The first-order valence-corrected chi connectivity index (χ1v) is 15.2. The van der Waals surface area contributed by atoms with Gasteiger partial charge in [0.15, 0.2) is 19.7 Å². The van der Waals surface area contributed by atoms with Crippen LogP contribution in [0.4, 0.5) is 18.9 Å². The summed E-state index contributed by atoms with van der Waals surface area (Å²) >= 11 is 3.36. The second-order valence-corrected chi connectivity index (χ2v) is 15.4. The molecule has 2 fully saturated rings. The van der Waals surface area contributed by atoms with E-state index >= 15 is 0 Å². The zero-order valence-electron chi connectivity index (χ0n) is 19.3. The van der Waals surface area contributed by atoms with Crippen molar-refractivity contribution in [3.63, 3.8) is 0 Å². The second-order valence-electron chi connectivity index (χ2n) is 9.75. The molecule has 1 saturated heterocycles. The average molecular weight is 595 g/mol. The topological polar surface area (TPSA) is 71.5 Å². The fourth-order valence-electron chi connectivity index (χ4n) is 4.71. The van der Waals surface area contributed by atoms with E-state index in [4.69, 9.17) is 0 Å². The number of anilines is 1. The summed E-state index contributed by atoms with van der Waals surface area (Å²) < 4.78 is 91.7. The Kier molecular flexibility index (Phi) is 6.85. The third-order valence-electron chi connectivity index (χ3n) is 7.17. The Labute approximate surface area is 212 Å². The van der Waals surface area contributed by atoms with Gasteiger partial charge in [-0.15, -0.1) is 0 Å². The Morgan fingerprint density at radius 1 is 0.914 bits per heavy atom. The van der Waals surface area contributed by atoms with Crippen LogP contribution < -0.4 is 4.90 Å². The summed E-state index contributed by atoms with van der Waals surface area (Å²) in [5.74, 6) is -0.308. The highest BCUT2D eigenvalue weighted by Crippen LogP contribution is 2.43. The summed E-state index contributed by atoms with van der Waals surface area (Å²) in [6, 6.07) is 9.05. The van der Waals surface area contributed by atoms with Gasteiger partial charge in [0.1, 0.15) is 0 Å². The highest BCUT2D eigenvalue weighted by molar-refractivity contribution is 9.10. The molecule has 0 N–H and O–H groups in total. The number of benzene rings is 2. The quantitative estimate of drug-likeness (QED) is 0.418. The number of nitrogens with zero attached hydrogens (tertiary/aromatic N) is 1. The van der Waals surface area contributed by atoms with Crippen LogP contribution in [0.1, 0.15) is 45.1 Å². The summed E-state index contributed by atoms with van der Waals surface area (Å²) in [4.78, 5) is 1.90. The van der Waals surface area contributed by atoms with Gasteiger partial charge in [-0.2, -0.15) is 13.2 Å². The molecule has 192 valence electrons. The molecule has 1 aliphatic heterocycles. The normalized spacial score (nSPS) is 18.6. The van der Waals surface area contributed by atoms with Gasteiger partial charge in [0, 0.05) is 17.6 Å². The smallest absolute Gasteiger partial charge is 0.370 e. The van der Waals surface area contributed by atoms with Crippen LogP contribution in [0.25, 0.3) is 0 Å². The van der Waals surface area contributed by atoms with Gasteiger partial charge in [0.2, 0.25) is 0 Å². The van der Waals surface area contributed by atoms with Crippen LogP contribution in [0.15, 0.2) is 56.7 Å². The van der Waals surface area contributed by atoms with Gasteiger partial charge in [-0.1, -0.05) is 22.0 Å². The molecule has 0 atom stereocenters.